The van der Waals surface area contributed by atoms with E-state index in [1.54, 1.807) is 29.8 Å². The van der Waals surface area contributed by atoms with E-state index < -0.39 is 10.0 Å². The van der Waals surface area contributed by atoms with Crippen LogP contribution >= 0.6 is 11.3 Å². The van der Waals surface area contributed by atoms with Crippen LogP contribution < -0.4 is 15.4 Å². The van der Waals surface area contributed by atoms with Gasteiger partial charge in [0.25, 0.3) is 0 Å². The molecule has 1 saturated heterocycles. The molecule has 4 heterocycles. The molecule has 1 aromatic carbocycles. The van der Waals surface area contributed by atoms with Crippen LogP contribution in [-0.4, -0.2) is 60.9 Å². The maximum absolute atomic E-state index is 11.6. The minimum atomic E-state index is -3.37. The van der Waals surface area contributed by atoms with Crippen molar-refractivity contribution in [3.05, 3.63) is 42.7 Å². The smallest absolute Gasteiger partial charge is 0.229 e. The fraction of sp³-hybridized carbons (Fsp3) is 0.238. The molecule has 3 aromatic heterocycles. The summed E-state index contributed by atoms with van der Waals surface area (Å²) in [6, 6.07) is 9.28. The van der Waals surface area contributed by atoms with Crippen LogP contribution in [0.5, 0.6) is 0 Å². The number of aromatic nitrogens is 4. The summed E-state index contributed by atoms with van der Waals surface area (Å²) < 4.78 is 32.3. The molecule has 1 aliphatic heterocycles. The highest BCUT2D eigenvalue weighted by atomic mass is 32.2. The lowest BCUT2D eigenvalue weighted by molar-refractivity contribution is 0.122. The van der Waals surface area contributed by atoms with E-state index >= 15 is 0 Å². The van der Waals surface area contributed by atoms with Crippen molar-refractivity contribution in [1.82, 2.24) is 19.9 Å². The van der Waals surface area contributed by atoms with Crippen LogP contribution in [0.4, 0.5) is 17.5 Å². The Labute approximate surface area is 194 Å². The molecule has 1 aliphatic rings. The standard InChI is InChI=1S/C21H21N7O3S2/c1-33(29,30)27-15-4-2-3-13(9-15)17-10-16-18(32-17)20(28-5-7-31-8-6-28)26-19(25-16)14-11-23-21(22)24-12-14/h2-4,9-12,27H,5-8H2,1H3,(H2,22,23,24). The fourth-order valence-corrected chi connectivity index (χ4v) is 5.24. The number of rotatable bonds is 5. The van der Waals surface area contributed by atoms with Gasteiger partial charge in [0.1, 0.15) is 0 Å². The third-order valence-electron chi connectivity index (χ3n) is 5.04. The number of fused-ring (bicyclic) bond motifs is 1. The Kier molecular flexibility index (Phi) is 5.56. The first-order valence-corrected chi connectivity index (χ1v) is 12.9. The molecule has 0 aliphatic carbocycles. The van der Waals surface area contributed by atoms with Gasteiger partial charge in [-0.1, -0.05) is 12.1 Å². The number of nitrogens with two attached hydrogens (primary N) is 1. The van der Waals surface area contributed by atoms with E-state index in [9.17, 15) is 8.42 Å². The van der Waals surface area contributed by atoms with Crippen molar-refractivity contribution in [3.63, 3.8) is 0 Å². The van der Waals surface area contributed by atoms with Crippen molar-refractivity contribution in [3.8, 4) is 21.8 Å². The van der Waals surface area contributed by atoms with Gasteiger partial charge >= 0.3 is 0 Å². The van der Waals surface area contributed by atoms with Crippen molar-refractivity contribution in [2.75, 3.05) is 47.9 Å². The van der Waals surface area contributed by atoms with E-state index in [-0.39, 0.29) is 5.95 Å². The van der Waals surface area contributed by atoms with Gasteiger partial charge in [-0.2, -0.15) is 0 Å². The summed E-state index contributed by atoms with van der Waals surface area (Å²) in [4.78, 5) is 20.9. The number of hydrogen-bond donors (Lipinski definition) is 2. The molecule has 0 unspecified atom stereocenters. The number of sulfonamides is 1. The molecule has 4 aromatic rings. The second-order valence-corrected chi connectivity index (χ2v) is 10.4. The Hall–Kier alpha value is -3.35. The van der Waals surface area contributed by atoms with Crippen molar-refractivity contribution in [2.24, 2.45) is 0 Å². The summed E-state index contributed by atoms with van der Waals surface area (Å²) in [6.45, 7) is 2.71. The molecule has 0 amide bonds. The zero-order valence-electron chi connectivity index (χ0n) is 17.7. The lowest BCUT2D eigenvalue weighted by Crippen LogP contribution is -2.36. The largest absolute Gasteiger partial charge is 0.378 e. The summed E-state index contributed by atoms with van der Waals surface area (Å²) >= 11 is 1.57. The molecular weight excluding hydrogens is 462 g/mol. The van der Waals surface area contributed by atoms with Crippen molar-refractivity contribution >= 4 is 49.0 Å². The summed E-state index contributed by atoms with van der Waals surface area (Å²) in [6.07, 6.45) is 4.35. The van der Waals surface area contributed by atoms with Gasteiger partial charge in [0, 0.05) is 36.0 Å². The van der Waals surface area contributed by atoms with Crippen molar-refractivity contribution in [2.45, 2.75) is 0 Å². The molecule has 10 nitrogen and oxygen atoms in total. The minimum absolute atomic E-state index is 0.189. The van der Waals surface area contributed by atoms with Crippen LogP contribution in [0.3, 0.4) is 0 Å². The number of ether oxygens (including phenoxy) is 1. The first kappa shape index (κ1) is 21.5. The van der Waals surface area contributed by atoms with E-state index in [2.05, 4.69) is 19.6 Å². The molecule has 0 saturated carbocycles. The molecular formula is C21H21N7O3S2. The normalized spacial score (nSPS) is 14.5. The highest BCUT2D eigenvalue weighted by Gasteiger charge is 2.21. The van der Waals surface area contributed by atoms with E-state index in [1.165, 1.54) is 0 Å². The predicted molar refractivity (Wildman–Crippen MR) is 130 cm³/mol. The first-order chi connectivity index (χ1) is 15.9. The molecule has 12 heteroatoms. The summed E-state index contributed by atoms with van der Waals surface area (Å²) in [5.74, 6) is 1.53. The number of nitrogens with one attached hydrogen (secondary N) is 1. The van der Waals surface area contributed by atoms with E-state index in [4.69, 9.17) is 20.4 Å². The molecule has 33 heavy (non-hydrogen) atoms. The number of nitrogens with zero attached hydrogens (tertiary/aromatic N) is 5. The first-order valence-electron chi connectivity index (χ1n) is 10.2. The number of hydrogen-bond acceptors (Lipinski definition) is 10. The number of morpholine rings is 1. The Morgan fingerprint density at radius 1 is 1.09 bits per heavy atom. The number of nitrogen functional groups attached to an aromatic ring is 1. The second kappa shape index (κ2) is 8.54. The van der Waals surface area contributed by atoms with E-state index in [1.807, 2.05) is 24.3 Å². The zero-order valence-corrected chi connectivity index (χ0v) is 19.4. The van der Waals surface area contributed by atoms with E-state index in [0.717, 1.165) is 45.8 Å². The van der Waals surface area contributed by atoms with Crippen LogP contribution in [0.1, 0.15) is 0 Å². The second-order valence-electron chi connectivity index (χ2n) is 7.58. The molecule has 1 fully saturated rings. The highest BCUT2D eigenvalue weighted by molar-refractivity contribution is 7.92. The van der Waals surface area contributed by atoms with Crippen LogP contribution in [-0.2, 0) is 14.8 Å². The molecule has 0 atom stereocenters. The quantitative estimate of drug-likeness (QED) is 0.439. The van der Waals surface area contributed by atoms with Gasteiger partial charge in [-0.3, -0.25) is 4.72 Å². The Balaban J connectivity index is 1.63. The molecule has 5 rings (SSSR count). The summed E-state index contributed by atoms with van der Waals surface area (Å²) in [5.41, 5.74) is 8.49. The van der Waals surface area contributed by atoms with Gasteiger partial charge in [0.05, 0.1) is 35.2 Å². The lowest BCUT2D eigenvalue weighted by atomic mass is 10.1. The van der Waals surface area contributed by atoms with Crippen LogP contribution in [0.2, 0.25) is 0 Å². The van der Waals surface area contributed by atoms with Gasteiger partial charge in [0.2, 0.25) is 16.0 Å². The van der Waals surface area contributed by atoms with Crippen molar-refractivity contribution < 1.29 is 13.2 Å². The maximum Gasteiger partial charge on any atom is 0.229 e. The van der Waals surface area contributed by atoms with Gasteiger partial charge < -0.3 is 15.4 Å². The van der Waals surface area contributed by atoms with Crippen LogP contribution in [0.15, 0.2) is 42.7 Å². The number of anilines is 3. The van der Waals surface area contributed by atoms with Crippen molar-refractivity contribution in [1.29, 1.82) is 0 Å². The third-order valence-corrected chi connectivity index (χ3v) is 6.82. The zero-order chi connectivity index (χ0) is 23.0. The van der Waals surface area contributed by atoms with E-state index in [0.29, 0.717) is 30.3 Å². The maximum atomic E-state index is 11.6. The lowest BCUT2D eigenvalue weighted by Gasteiger charge is -2.28. The SMILES string of the molecule is CS(=O)(=O)Nc1cccc(-c2cc3nc(-c4cnc(N)nc4)nc(N4CCOCC4)c3s2)c1. The molecule has 170 valence electrons. The highest BCUT2D eigenvalue weighted by Crippen LogP contribution is 2.39. The Bertz CT molecular complexity index is 1420. The molecule has 0 spiro atoms. The Morgan fingerprint density at radius 3 is 2.58 bits per heavy atom. The molecule has 0 radical (unpaired) electrons. The monoisotopic (exact) mass is 483 g/mol. The Morgan fingerprint density at radius 2 is 1.85 bits per heavy atom. The topological polar surface area (TPSA) is 136 Å². The predicted octanol–water partition coefficient (Wildman–Crippen LogP) is 2.61. The average Bonchev–Trinajstić information content (AvgIpc) is 3.23. The summed E-state index contributed by atoms with van der Waals surface area (Å²) in [7, 11) is -3.37. The summed E-state index contributed by atoms with van der Waals surface area (Å²) in [5, 5.41) is 0. The third kappa shape index (κ3) is 4.72. The fourth-order valence-electron chi connectivity index (χ4n) is 3.58. The van der Waals surface area contributed by atoms with Gasteiger partial charge in [-0.25, -0.2) is 28.4 Å². The van der Waals surface area contributed by atoms with Gasteiger partial charge in [-0.15, -0.1) is 11.3 Å². The average molecular weight is 484 g/mol. The van der Waals surface area contributed by atoms with Crippen LogP contribution in [0, 0.1) is 0 Å². The van der Waals surface area contributed by atoms with Crippen LogP contribution in [0.25, 0.3) is 32.0 Å². The number of thiophene rings is 1. The van der Waals surface area contributed by atoms with Gasteiger partial charge in [0.15, 0.2) is 11.6 Å². The molecule has 3 N–H and O–H groups in total. The minimum Gasteiger partial charge on any atom is -0.378 e. The molecule has 0 bridgehead atoms. The number of benzene rings is 1. The van der Waals surface area contributed by atoms with Gasteiger partial charge in [-0.05, 0) is 23.8 Å².